The van der Waals surface area contributed by atoms with Gasteiger partial charge in [0.25, 0.3) is 5.91 Å². The standard InChI is InChI=1S/C23H24FN7O4S/c1-15-12-29(23(32)16-6-4-3-5-7-16)8-9-31(15)36(33,34)19-11-25-21-20(19)18(24)10-26-22(21)30-13-17(14-35-2)27-28-30/h3-7,10-11,13,15,25H,8-9,12,14H2,1-2H3. The van der Waals surface area contributed by atoms with Crippen molar-refractivity contribution in [1.29, 1.82) is 0 Å². The van der Waals surface area contributed by atoms with Crippen LogP contribution in [0.3, 0.4) is 0 Å². The Labute approximate surface area is 206 Å². The van der Waals surface area contributed by atoms with Gasteiger partial charge in [0.05, 0.1) is 29.9 Å². The summed E-state index contributed by atoms with van der Waals surface area (Å²) in [6.45, 7) is 2.47. The van der Waals surface area contributed by atoms with Crippen LogP contribution in [0.25, 0.3) is 16.7 Å². The number of H-pyrrole nitrogens is 1. The highest BCUT2D eigenvalue weighted by Crippen LogP contribution is 2.32. The lowest BCUT2D eigenvalue weighted by atomic mass is 10.1. The lowest BCUT2D eigenvalue weighted by Crippen LogP contribution is -2.55. The molecule has 188 valence electrons. The molecule has 1 aliphatic rings. The van der Waals surface area contributed by atoms with Crippen molar-refractivity contribution < 1.29 is 22.3 Å². The highest BCUT2D eigenvalue weighted by molar-refractivity contribution is 7.89. The minimum Gasteiger partial charge on any atom is -0.378 e. The summed E-state index contributed by atoms with van der Waals surface area (Å²) in [6.07, 6.45) is 3.79. The van der Waals surface area contributed by atoms with Crippen molar-refractivity contribution in [2.24, 2.45) is 0 Å². The van der Waals surface area contributed by atoms with Crippen molar-refractivity contribution in [2.45, 2.75) is 24.5 Å². The average molecular weight is 514 g/mol. The van der Waals surface area contributed by atoms with Crippen LogP contribution in [0.15, 0.2) is 53.8 Å². The molecule has 0 saturated carbocycles. The van der Waals surface area contributed by atoms with Crippen molar-refractivity contribution in [1.82, 2.24) is 34.2 Å². The smallest absolute Gasteiger partial charge is 0.253 e. The molecular formula is C23H24FN7O4S. The molecule has 4 aromatic rings. The van der Waals surface area contributed by atoms with Gasteiger partial charge in [0.2, 0.25) is 10.0 Å². The average Bonchev–Trinajstić information content (AvgIpc) is 3.53. The number of rotatable bonds is 6. The van der Waals surface area contributed by atoms with Gasteiger partial charge in [0, 0.05) is 44.5 Å². The normalized spacial score (nSPS) is 17.1. The van der Waals surface area contributed by atoms with E-state index in [1.165, 1.54) is 22.3 Å². The summed E-state index contributed by atoms with van der Waals surface area (Å²) >= 11 is 0. The number of piperazine rings is 1. The molecule has 1 N–H and O–H groups in total. The maximum Gasteiger partial charge on any atom is 0.253 e. The van der Waals surface area contributed by atoms with Gasteiger partial charge in [-0.05, 0) is 19.1 Å². The van der Waals surface area contributed by atoms with Crippen molar-refractivity contribution in [3.8, 4) is 5.82 Å². The lowest BCUT2D eigenvalue weighted by Gasteiger charge is -2.38. The quantitative estimate of drug-likeness (QED) is 0.418. The molecule has 1 unspecified atom stereocenters. The molecule has 1 atom stereocenters. The van der Waals surface area contributed by atoms with Crippen molar-refractivity contribution in [3.05, 3.63) is 66.0 Å². The van der Waals surface area contributed by atoms with Crippen LogP contribution in [0.5, 0.6) is 0 Å². The van der Waals surface area contributed by atoms with Gasteiger partial charge in [-0.15, -0.1) is 5.10 Å². The Hall–Kier alpha value is -3.68. The zero-order valence-corrected chi connectivity index (χ0v) is 20.4. The van der Waals surface area contributed by atoms with E-state index in [1.54, 1.807) is 42.3 Å². The molecule has 0 spiro atoms. The van der Waals surface area contributed by atoms with Crippen molar-refractivity contribution in [3.63, 3.8) is 0 Å². The van der Waals surface area contributed by atoms with E-state index in [9.17, 15) is 17.6 Å². The predicted octanol–water partition coefficient (Wildman–Crippen LogP) is 1.96. The number of methoxy groups -OCH3 is 1. The molecule has 1 aliphatic heterocycles. The van der Waals surface area contributed by atoms with E-state index in [4.69, 9.17) is 4.74 Å². The molecule has 0 aliphatic carbocycles. The van der Waals surface area contributed by atoms with E-state index in [2.05, 4.69) is 20.3 Å². The first-order valence-electron chi connectivity index (χ1n) is 11.2. The molecule has 1 aromatic carbocycles. The van der Waals surface area contributed by atoms with Gasteiger partial charge in [-0.25, -0.2) is 17.8 Å². The first kappa shape index (κ1) is 24.0. The lowest BCUT2D eigenvalue weighted by molar-refractivity contribution is 0.0642. The van der Waals surface area contributed by atoms with Gasteiger partial charge < -0.3 is 14.6 Å². The molecule has 0 radical (unpaired) electrons. The molecular weight excluding hydrogens is 489 g/mol. The van der Waals surface area contributed by atoms with Gasteiger partial charge in [0.15, 0.2) is 11.6 Å². The third kappa shape index (κ3) is 4.14. The number of sulfonamides is 1. The molecule has 3 aromatic heterocycles. The number of pyridine rings is 1. The van der Waals surface area contributed by atoms with E-state index in [1.807, 2.05) is 6.07 Å². The molecule has 1 saturated heterocycles. The molecule has 1 fully saturated rings. The van der Waals surface area contributed by atoms with Gasteiger partial charge in [-0.3, -0.25) is 4.79 Å². The first-order chi connectivity index (χ1) is 17.3. The molecule has 1 amide bonds. The number of halogens is 1. The summed E-state index contributed by atoms with van der Waals surface area (Å²) in [7, 11) is -2.58. The molecule has 36 heavy (non-hydrogen) atoms. The first-order valence-corrected chi connectivity index (χ1v) is 12.7. The van der Waals surface area contributed by atoms with Gasteiger partial charge in [0.1, 0.15) is 10.6 Å². The number of fused-ring (bicyclic) bond motifs is 1. The summed E-state index contributed by atoms with van der Waals surface area (Å²) < 4.78 is 50.0. The number of nitrogens with one attached hydrogen (secondary N) is 1. The summed E-state index contributed by atoms with van der Waals surface area (Å²) in [4.78, 5) is 21.2. The van der Waals surface area contributed by atoms with Crippen LogP contribution in [-0.4, -0.2) is 81.3 Å². The second kappa shape index (κ2) is 9.41. The minimum atomic E-state index is -4.10. The molecule has 0 bridgehead atoms. The van der Waals surface area contributed by atoms with Crippen LogP contribution < -0.4 is 0 Å². The highest BCUT2D eigenvalue weighted by Gasteiger charge is 2.37. The van der Waals surface area contributed by atoms with E-state index in [0.717, 1.165) is 6.20 Å². The van der Waals surface area contributed by atoms with E-state index >= 15 is 0 Å². The minimum absolute atomic E-state index is 0.0811. The number of ether oxygens (including phenoxy) is 1. The number of hydrogen-bond donors (Lipinski definition) is 1. The zero-order valence-electron chi connectivity index (χ0n) is 19.6. The van der Waals surface area contributed by atoms with Gasteiger partial charge in [-0.2, -0.15) is 8.99 Å². The Balaban J connectivity index is 1.45. The molecule has 5 rings (SSSR count). The second-order valence-corrected chi connectivity index (χ2v) is 10.4. The largest absolute Gasteiger partial charge is 0.378 e. The molecule has 11 nitrogen and oxygen atoms in total. The predicted molar refractivity (Wildman–Crippen MR) is 127 cm³/mol. The molecule has 4 heterocycles. The summed E-state index contributed by atoms with van der Waals surface area (Å²) in [5.41, 5.74) is 1.25. The third-order valence-corrected chi connectivity index (χ3v) is 8.16. The summed E-state index contributed by atoms with van der Waals surface area (Å²) in [5.74, 6) is -0.737. The number of nitrogens with zero attached hydrogens (tertiary/aromatic N) is 6. The van der Waals surface area contributed by atoms with Crippen LogP contribution in [0, 0.1) is 5.82 Å². The summed E-state index contributed by atoms with van der Waals surface area (Å²) in [6, 6.07) is 8.32. The number of benzene rings is 1. The SMILES string of the molecule is COCc1cn(-c2ncc(F)c3c(S(=O)(=O)N4CCN(C(=O)c5ccccc5)CC4C)c[nH]c23)nn1. The van der Waals surface area contributed by atoms with E-state index in [-0.39, 0.29) is 53.8 Å². The van der Waals surface area contributed by atoms with Crippen LogP contribution in [-0.2, 0) is 21.4 Å². The fourth-order valence-corrected chi connectivity index (χ4v) is 6.21. The van der Waals surface area contributed by atoms with Crippen molar-refractivity contribution >= 4 is 26.8 Å². The van der Waals surface area contributed by atoms with Crippen LogP contribution >= 0.6 is 0 Å². The Morgan fingerprint density at radius 1 is 1.25 bits per heavy atom. The Bertz CT molecular complexity index is 1520. The van der Waals surface area contributed by atoms with Crippen LogP contribution in [0.4, 0.5) is 4.39 Å². The van der Waals surface area contributed by atoms with Gasteiger partial charge in [-0.1, -0.05) is 23.4 Å². The number of carbonyl (C=O) groups is 1. The second-order valence-electron chi connectivity index (χ2n) is 8.50. The number of hydrogen-bond acceptors (Lipinski definition) is 7. The Morgan fingerprint density at radius 3 is 2.75 bits per heavy atom. The van der Waals surface area contributed by atoms with Gasteiger partial charge >= 0.3 is 0 Å². The fraction of sp³-hybridized carbons (Fsp3) is 0.304. The third-order valence-electron chi connectivity index (χ3n) is 6.12. The number of carbonyl (C=O) groups excluding carboxylic acids is 1. The molecule has 13 heteroatoms. The van der Waals surface area contributed by atoms with Crippen LogP contribution in [0.1, 0.15) is 23.0 Å². The topological polar surface area (TPSA) is 126 Å². The van der Waals surface area contributed by atoms with E-state index < -0.39 is 21.9 Å². The monoisotopic (exact) mass is 513 g/mol. The highest BCUT2D eigenvalue weighted by atomic mass is 32.2. The fourth-order valence-electron chi connectivity index (χ4n) is 4.43. The van der Waals surface area contributed by atoms with Crippen LogP contribution in [0.2, 0.25) is 0 Å². The Morgan fingerprint density at radius 2 is 2.03 bits per heavy atom. The zero-order chi connectivity index (χ0) is 25.4. The summed E-state index contributed by atoms with van der Waals surface area (Å²) in [5, 5.41) is 7.86. The maximum absolute atomic E-state index is 15.0. The number of amides is 1. The number of aromatic nitrogens is 5. The number of aromatic amines is 1. The maximum atomic E-state index is 15.0. The van der Waals surface area contributed by atoms with E-state index in [0.29, 0.717) is 11.3 Å². The van der Waals surface area contributed by atoms with Crippen molar-refractivity contribution in [2.75, 3.05) is 26.7 Å². The Kier molecular flexibility index (Phi) is 6.28.